The second-order valence-electron chi connectivity index (χ2n) is 3.59. The summed E-state index contributed by atoms with van der Waals surface area (Å²) in [6, 6.07) is 5.98. The molecule has 0 aliphatic rings. The second-order valence-corrected chi connectivity index (χ2v) is 4.83. The monoisotopic (exact) mass is 326 g/mol. The molecule has 0 amide bonds. The Hall–Kier alpha value is -1.53. The van der Waals surface area contributed by atoms with Crippen LogP contribution in [-0.4, -0.2) is 19.6 Å². The van der Waals surface area contributed by atoms with Crippen LogP contribution >= 0.6 is 27.5 Å². The Balaban J connectivity index is 2.25. The molecule has 3 rings (SSSR count). The van der Waals surface area contributed by atoms with Crippen LogP contribution in [0.25, 0.3) is 17.0 Å². The third kappa shape index (κ3) is 1.87. The molecule has 7 heteroatoms. The Labute approximate surface area is 115 Å². The summed E-state index contributed by atoms with van der Waals surface area (Å²) in [7, 11) is 0. The molecule has 18 heavy (non-hydrogen) atoms. The summed E-state index contributed by atoms with van der Waals surface area (Å²) in [4.78, 5) is 3.97. The van der Waals surface area contributed by atoms with E-state index in [1.54, 1.807) is 16.5 Å². The van der Waals surface area contributed by atoms with Gasteiger partial charge in [0.2, 0.25) is 0 Å². The van der Waals surface area contributed by atoms with E-state index in [1.807, 2.05) is 0 Å². The summed E-state index contributed by atoms with van der Waals surface area (Å²) in [5, 5.41) is 8.40. The lowest BCUT2D eigenvalue weighted by atomic mass is 10.2. The van der Waals surface area contributed by atoms with Crippen LogP contribution in [0.4, 0.5) is 4.39 Å². The highest BCUT2D eigenvalue weighted by Crippen LogP contribution is 2.27. The molecule has 0 spiro atoms. The van der Waals surface area contributed by atoms with Crippen LogP contribution in [0.3, 0.4) is 0 Å². The minimum atomic E-state index is -0.319. The van der Waals surface area contributed by atoms with Crippen LogP contribution in [0.1, 0.15) is 0 Å². The van der Waals surface area contributed by atoms with Crippen LogP contribution in [0, 0.1) is 5.82 Å². The summed E-state index contributed by atoms with van der Waals surface area (Å²) in [5.74, 6) is 0.252. The number of fused-ring (bicyclic) bond motifs is 1. The Morgan fingerprint density at radius 1 is 1.22 bits per heavy atom. The minimum Gasteiger partial charge on any atom is -0.265 e. The van der Waals surface area contributed by atoms with Crippen molar-refractivity contribution < 1.29 is 4.39 Å². The maximum atomic E-state index is 13.1. The summed E-state index contributed by atoms with van der Waals surface area (Å²) >= 11 is 9.08. The number of benzene rings is 1. The van der Waals surface area contributed by atoms with E-state index < -0.39 is 0 Å². The SMILES string of the molecule is Fc1ccc(-c2nnc3cc(Cl)ncn23)c(Br)c1. The lowest BCUT2D eigenvalue weighted by molar-refractivity contribution is 0.627. The molecule has 0 aliphatic heterocycles. The molecule has 90 valence electrons. The van der Waals surface area contributed by atoms with Crippen LogP contribution < -0.4 is 0 Å². The van der Waals surface area contributed by atoms with E-state index in [0.717, 1.165) is 5.56 Å². The van der Waals surface area contributed by atoms with Crippen molar-refractivity contribution in [3.8, 4) is 11.4 Å². The molecule has 0 saturated carbocycles. The van der Waals surface area contributed by atoms with Crippen molar-refractivity contribution in [2.24, 2.45) is 0 Å². The highest BCUT2D eigenvalue weighted by atomic mass is 79.9. The fourth-order valence-corrected chi connectivity index (χ4v) is 2.30. The topological polar surface area (TPSA) is 43.1 Å². The van der Waals surface area contributed by atoms with Crippen molar-refractivity contribution in [1.82, 2.24) is 19.6 Å². The quantitative estimate of drug-likeness (QED) is 0.644. The van der Waals surface area contributed by atoms with E-state index in [1.165, 1.54) is 18.5 Å². The Morgan fingerprint density at radius 3 is 2.83 bits per heavy atom. The molecular weight excluding hydrogens is 323 g/mol. The lowest BCUT2D eigenvalue weighted by Gasteiger charge is -2.02. The molecule has 0 saturated heterocycles. The zero-order chi connectivity index (χ0) is 12.7. The summed E-state index contributed by atoms with van der Waals surface area (Å²) < 4.78 is 15.3. The van der Waals surface area contributed by atoms with Gasteiger partial charge in [0.15, 0.2) is 11.5 Å². The third-order valence-electron chi connectivity index (χ3n) is 2.44. The van der Waals surface area contributed by atoms with Gasteiger partial charge in [-0.3, -0.25) is 4.40 Å². The smallest absolute Gasteiger partial charge is 0.170 e. The van der Waals surface area contributed by atoms with Crippen molar-refractivity contribution >= 4 is 33.2 Å². The van der Waals surface area contributed by atoms with Gasteiger partial charge in [-0.25, -0.2) is 9.37 Å². The van der Waals surface area contributed by atoms with Gasteiger partial charge in [-0.1, -0.05) is 11.6 Å². The van der Waals surface area contributed by atoms with E-state index in [-0.39, 0.29) is 5.82 Å². The summed E-state index contributed by atoms with van der Waals surface area (Å²) in [6.07, 6.45) is 1.53. The number of hydrogen-bond acceptors (Lipinski definition) is 3. The molecule has 0 fully saturated rings. The lowest BCUT2D eigenvalue weighted by Crippen LogP contribution is -1.92. The summed E-state index contributed by atoms with van der Waals surface area (Å²) in [5.41, 5.74) is 1.31. The van der Waals surface area contributed by atoms with Crippen LogP contribution in [0.5, 0.6) is 0 Å². The van der Waals surface area contributed by atoms with Gasteiger partial charge in [-0.2, -0.15) is 0 Å². The molecule has 0 bridgehead atoms. The largest absolute Gasteiger partial charge is 0.265 e. The van der Waals surface area contributed by atoms with Gasteiger partial charge < -0.3 is 0 Å². The van der Waals surface area contributed by atoms with Gasteiger partial charge >= 0.3 is 0 Å². The third-order valence-corrected chi connectivity index (χ3v) is 3.30. The maximum Gasteiger partial charge on any atom is 0.170 e. The van der Waals surface area contributed by atoms with Crippen LogP contribution in [0.2, 0.25) is 5.15 Å². The molecule has 0 unspecified atom stereocenters. The number of rotatable bonds is 1. The molecular formula is C11H5BrClFN4. The van der Waals surface area contributed by atoms with Gasteiger partial charge in [-0.15, -0.1) is 10.2 Å². The highest BCUT2D eigenvalue weighted by Gasteiger charge is 2.12. The van der Waals surface area contributed by atoms with Crippen molar-refractivity contribution in [2.75, 3.05) is 0 Å². The van der Waals surface area contributed by atoms with Crippen molar-refractivity contribution in [1.29, 1.82) is 0 Å². The summed E-state index contributed by atoms with van der Waals surface area (Å²) in [6.45, 7) is 0. The fraction of sp³-hybridized carbons (Fsp3) is 0. The van der Waals surface area contributed by atoms with Crippen LogP contribution in [0.15, 0.2) is 35.1 Å². The first kappa shape index (κ1) is 11.6. The van der Waals surface area contributed by atoms with Gasteiger partial charge in [0.25, 0.3) is 0 Å². The number of nitrogens with zero attached hydrogens (tertiary/aromatic N) is 4. The second kappa shape index (κ2) is 4.29. The Morgan fingerprint density at radius 2 is 2.06 bits per heavy atom. The zero-order valence-electron chi connectivity index (χ0n) is 8.81. The number of aromatic nitrogens is 4. The first-order valence-electron chi connectivity index (χ1n) is 4.97. The molecule has 0 radical (unpaired) electrons. The van der Waals surface area contributed by atoms with E-state index in [2.05, 4.69) is 31.1 Å². The molecule has 0 atom stereocenters. The molecule has 3 aromatic rings. The number of halogens is 3. The average molecular weight is 328 g/mol. The standard InChI is InChI=1S/C11H5BrClFN4/c12-8-3-6(14)1-2-7(8)11-17-16-10-4-9(13)15-5-18(10)11/h1-5H. The van der Waals surface area contributed by atoms with E-state index in [0.29, 0.717) is 21.1 Å². The van der Waals surface area contributed by atoms with Gasteiger partial charge in [-0.05, 0) is 34.1 Å². The fourth-order valence-electron chi connectivity index (χ4n) is 1.63. The highest BCUT2D eigenvalue weighted by molar-refractivity contribution is 9.10. The average Bonchev–Trinajstić information content (AvgIpc) is 2.72. The van der Waals surface area contributed by atoms with Gasteiger partial charge in [0, 0.05) is 16.1 Å². The van der Waals surface area contributed by atoms with Crippen molar-refractivity contribution in [3.05, 3.63) is 46.0 Å². The van der Waals surface area contributed by atoms with Crippen molar-refractivity contribution in [3.63, 3.8) is 0 Å². The Bertz CT molecular complexity index is 743. The zero-order valence-corrected chi connectivity index (χ0v) is 11.2. The molecule has 4 nitrogen and oxygen atoms in total. The first-order chi connectivity index (χ1) is 8.65. The van der Waals surface area contributed by atoms with E-state index in [9.17, 15) is 4.39 Å². The van der Waals surface area contributed by atoms with Crippen molar-refractivity contribution in [2.45, 2.75) is 0 Å². The normalized spacial score (nSPS) is 11.1. The van der Waals surface area contributed by atoms with Gasteiger partial charge in [0.05, 0.1) is 0 Å². The molecule has 2 aromatic heterocycles. The Kier molecular flexibility index (Phi) is 2.76. The van der Waals surface area contributed by atoms with E-state index in [4.69, 9.17) is 11.6 Å². The van der Waals surface area contributed by atoms with Crippen LogP contribution in [-0.2, 0) is 0 Å². The molecule has 2 heterocycles. The van der Waals surface area contributed by atoms with E-state index >= 15 is 0 Å². The minimum absolute atomic E-state index is 0.319. The maximum absolute atomic E-state index is 13.1. The first-order valence-corrected chi connectivity index (χ1v) is 6.14. The number of hydrogen-bond donors (Lipinski definition) is 0. The molecule has 0 N–H and O–H groups in total. The van der Waals surface area contributed by atoms with Gasteiger partial charge in [0.1, 0.15) is 17.3 Å². The predicted octanol–water partition coefficient (Wildman–Crippen LogP) is 3.35. The predicted molar refractivity (Wildman–Crippen MR) is 68.9 cm³/mol. The molecule has 1 aromatic carbocycles. The molecule has 0 aliphatic carbocycles.